The Morgan fingerprint density at radius 3 is 2.94 bits per heavy atom. The molecule has 1 heterocycles. The van der Waals surface area contributed by atoms with Crippen LogP contribution in [-0.2, 0) is 0 Å². The van der Waals surface area contributed by atoms with Crippen LogP contribution in [0, 0.1) is 0 Å². The third-order valence-corrected chi connectivity index (χ3v) is 2.60. The Labute approximate surface area is 111 Å². The van der Waals surface area contributed by atoms with Gasteiger partial charge in [0.2, 0.25) is 0 Å². The largest absolute Gasteiger partial charge is 0.507 e. The number of benzene rings is 1. The van der Waals surface area contributed by atoms with Crippen LogP contribution in [0.3, 0.4) is 0 Å². The molecule has 0 bridgehead atoms. The molecule has 2 rings (SSSR count). The topological polar surface area (TPSA) is 74.8 Å². The van der Waals surface area contributed by atoms with E-state index < -0.39 is 5.91 Å². The van der Waals surface area contributed by atoms with Gasteiger partial charge in [0.1, 0.15) is 11.5 Å². The van der Waals surface area contributed by atoms with E-state index in [-0.39, 0.29) is 11.3 Å². The molecule has 0 radical (unpaired) electrons. The van der Waals surface area contributed by atoms with Crippen molar-refractivity contribution in [2.75, 3.05) is 0 Å². The predicted octanol–water partition coefficient (Wildman–Crippen LogP) is 2.51. The Bertz CT molecular complexity index is 579. The summed E-state index contributed by atoms with van der Waals surface area (Å²) in [6.45, 7) is 0. The maximum atomic E-state index is 11.7. The Morgan fingerprint density at radius 2 is 2.28 bits per heavy atom. The lowest BCUT2D eigenvalue weighted by Gasteiger charge is -2.02. The monoisotopic (exact) mass is 308 g/mol. The first-order valence-electron chi connectivity index (χ1n) is 5.02. The van der Waals surface area contributed by atoms with E-state index in [4.69, 9.17) is 4.42 Å². The van der Waals surface area contributed by atoms with E-state index >= 15 is 0 Å². The summed E-state index contributed by atoms with van der Waals surface area (Å²) in [6.07, 6.45) is 2.87. The molecule has 0 unspecified atom stereocenters. The van der Waals surface area contributed by atoms with E-state index in [1.165, 1.54) is 24.6 Å². The van der Waals surface area contributed by atoms with Crippen LogP contribution in [0.4, 0.5) is 0 Å². The highest BCUT2D eigenvalue weighted by Gasteiger charge is 2.10. The molecule has 0 aliphatic carbocycles. The number of rotatable bonds is 3. The zero-order valence-electron chi connectivity index (χ0n) is 9.13. The van der Waals surface area contributed by atoms with Gasteiger partial charge in [-0.15, -0.1) is 0 Å². The van der Waals surface area contributed by atoms with Crippen LogP contribution in [0.25, 0.3) is 0 Å². The number of phenolic OH excluding ortho intramolecular Hbond substituents is 1. The van der Waals surface area contributed by atoms with E-state index in [1.54, 1.807) is 18.2 Å². The summed E-state index contributed by atoms with van der Waals surface area (Å²) in [5, 5.41) is 13.3. The zero-order valence-corrected chi connectivity index (χ0v) is 10.7. The number of carbonyl (C=O) groups is 1. The van der Waals surface area contributed by atoms with Crippen molar-refractivity contribution in [3.8, 4) is 5.75 Å². The molecule has 1 aromatic heterocycles. The van der Waals surface area contributed by atoms with Gasteiger partial charge >= 0.3 is 0 Å². The molecular weight excluding hydrogens is 300 g/mol. The Morgan fingerprint density at radius 1 is 1.44 bits per heavy atom. The Balaban J connectivity index is 2.04. The van der Waals surface area contributed by atoms with Crippen molar-refractivity contribution in [2.45, 2.75) is 0 Å². The average Bonchev–Trinajstić information content (AvgIpc) is 2.81. The highest BCUT2D eigenvalue weighted by atomic mass is 79.9. The maximum Gasteiger partial charge on any atom is 0.275 e. The van der Waals surface area contributed by atoms with Gasteiger partial charge in [-0.2, -0.15) is 5.10 Å². The first-order valence-corrected chi connectivity index (χ1v) is 5.81. The molecule has 1 aromatic carbocycles. The average molecular weight is 309 g/mol. The van der Waals surface area contributed by atoms with E-state index in [9.17, 15) is 9.90 Å². The van der Waals surface area contributed by atoms with Gasteiger partial charge < -0.3 is 9.52 Å². The molecule has 2 aromatic rings. The summed E-state index contributed by atoms with van der Waals surface area (Å²) < 4.78 is 5.69. The van der Waals surface area contributed by atoms with Crippen molar-refractivity contribution in [1.29, 1.82) is 0 Å². The lowest BCUT2D eigenvalue weighted by Crippen LogP contribution is -2.17. The van der Waals surface area contributed by atoms with Crippen molar-refractivity contribution in [1.82, 2.24) is 5.43 Å². The number of hydrogen-bond donors (Lipinski definition) is 2. The number of nitrogens with one attached hydrogen (secondary N) is 1. The lowest BCUT2D eigenvalue weighted by atomic mass is 10.2. The first kappa shape index (κ1) is 12.4. The van der Waals surface area contributed by atoms with Gasteiger partial charge in [-0.3, -0.25) is 4.79 Å². The second kappa shape index (κ2) is 5.50. The molecule has 1 amide bonds. The predicted molar refractivity (Wildman–Crippen MR) is 69.6 cm³/mol. The first-order chi connectivity index (χ1) is 8.66. The van der Waals surface area contributed by atoms with E-state index in [0.29, 0.717) is 10.2 Å². The molecule has 5 nitrogen and oxygen atoms in total. The number of aromatic hydroxyl groups is 1. The van der Waals surface area contributed by atoms with Crippen LogP contribution in [-0.4, -0.2) is 17.2 Å². The molecule has 92 valence electrons. The van der Waals surface area contributed by atoms with E-state index in [2.05, 4.69) is 26.5 Å². The minimum Gasteiger partial charge on any atom is -0.507 e. The number of hydrazone groups is 1. The molecule has 0 saturated heterocycles. The third-order valence-electron chi connectivity index (χ3n) is 2.11. The number of amides is 1. The highest BCUT2D eigenvalue weighted by Crippen LogP contribution is 2.21. The quantitative estimate of drug-likeness (QED) is 0.676. The van der Waals surface area contributed by atoms with Gasteiger partial charge in [0.25, 0.3) is 5.91 Å². The summed E-state index contributed by atoms with van der Waals surface area (Å²) in [5.41, 5.74) is 2.44. The molecule has 0 saturated carbocycles. The number of halogens is 1. The minimum absolute atomic E-state index is 0.116. The fraction of sp³-hybridized carbons (Fsp3) is 0. The third kappa shape index (κ3) is 2.98. The van der Waals surface area contributed by atoms with Gasteiger partial charge in [-0.25, -0.2) is 5.43 Å². The van der Waals surface area contributed by atoms with Crippen LogP contribution >= 0.6 is 15.9 Å². The van der Waals surface area contributed by atoms with Gasteiger partial charge in [0, 0.05) is 4.47 Å². The fourth-order valence-corrected chi connectivity index (χ4v) is 1.63. The molecule has 0 atom stereocenters. The van der Waals surface area contributed by atoms with Crippen molar-refractivity contribution in [3.05, 3.63) is 52.4 Å². The number of carbonyl (C=O) groups excluding carboxylic acids is 1. The molecule has 18 heavy (non-hydrogen) atoms. The summed E-state index contributed by atoms with van der Waals surface area (Å²) in [7, 11) is 0. The Hall–Kier alpha value is -2.08. The van der Waals surface area contributed by atoms with Crippen LogP contribution in [0.15, 0.2) is 50.6 Å². The maximum absolute atomic E-state index is 11.7. The molecule has 0 fully saturated rings. The summed E-state index contributed by atoms with van der Waals surface area (Å²) in [6, 6.07) is 8.00. The van der Waals surface area contributed by atoms with Crippen LogP contribution in [0.5, 0.6) is 5.75 Å². The van der Waals surface area contributed by atoms with Gasteiger partial charge in [0.15, 0.2) is 0 Å². The van der Waals surface area contributed by atoms with Gasteiger partial charge in [-0.1, -0.05) is 15.9 Å². The molecular formula is C12H9BrN2O3. The van der Waals surface area contributed by atoms with E-state index in [0.717, 1.165) is 0 Å². The normalized spacial score (nSPS) is 10.7. The molecule has 0 aliphatic rings. The summed E-state index contributed by atoms with van der Waals surface area (Å²) >= 11 is 3.19. The smallest absolute Gasteiger partial charge is 0.275 e. The number of nitrogens with zero attached hydrogens (tertiary/aromatic N) is 1. The highest BCUT2D eigenvalue weighted by molar-refractivity contribution is 9.10. The van der Waals surface area contributed by atoms with Crippen molar-refractivity contribution >= 4 is 28.1 Å². The lowest BCUT2D eigenvalue weighted by molar-refractivity contribution is 0.0952. The molecule has 6 heteroatoms. The zero-order chi connectivity index (χ0) is 13.0. The van der Waals surface area contributed by atoms with Crippen molar-refractivity contribution < 1.29 is 14.3 Å². The van der Waals surface area contributed by atoms with Crippen LogP contribution in [0.1, 0.15) is 16.1 Å². The summed E-state index contributed by atoms with van der Waals surface area (Å²) in [5.74, 6) is -0.0896. The molecule has 2 N–H and O–H groups in total. The van der Waals surface area contributed by atoms with Crippen molar-refractivity contribution in [2.24, 2.45) is 5.10 Å². The molecule has 0 spiro atoms. The second-order valence-electron chi connectivity index (χ2n) is 3.38. The second-order valence-corrected chi connectivity index (χ2v) is 4.29. The number of furan rings is 1. The fourth-order valence-electron chi connectivity index (χ4n) is 1.28. The SMILES string of the molecule is O=C(N/N=C\c1ccco1)c1ccc(Br)cc1O. The van der Waals surface area contributed by atoms with Crippen molar-refractivity contribution in [3.63, 3.8) is 0 Å². The van der Waals surface area contributed by atoms with Gasteiger partial charge in [0.05, 0.1) is 18.0 Å². The number of hydrogen-bond acceptors (Lipinski definition) is 4. The minimum atomic E-state index is -0.497. The summed E-state index contributed by atoms with van der Waals surface area (Å²) in [4.78, 5) is 11.7. The molecule has 0 aliphatic heterocycles. The van der Waals surface area contributed by atoms with Crippen LogP contribution < -0.4 is 5.43 Å². The standard InChI is InChI=1S/C12H9BrN2O3/c13-8-3-4-10(11(16)6-8)12(17)15-14-7-9-2-1-5-18-9/h1-7,16H,(H,15,17)/b14-7-. The van der Waals surface area contributed by atoms with E-state index in [1.807, 2.05) is 0 Å². The van der Waals surface area contributed by atoms with Crippen LogP contribution in [0.2, 0.25) is 0 Å². The Kier molecular flexibility index (Phi) is 3.78. The number of phenols is 1. The van der Waals surface area contributed by atoms with Gasteiger partial charge in [-0.05, 0) is 30.3 Å².